The van der Waals surface area contributed by atoms with E-state index in [1.807, 2.05) is 18.2 Å². The number of halogens is 3. The van der Waals surface area contributed by atoms with Crippen molar-refractivity contribution in [2.45, 2.75) is 12.6 Å². The molecule has 2 aromatic rings. The molecule has 0 radical (unpaired) electrons. The van der Waals surface area contributed by atoms with E-state index in [-0.39, 0.29) is 11.5 Å². The number of nitrogens with one attached hydrogen (secondary N) is 1. The average Bonchev–Trinajstić information content (AvgIpc) is 2.66. The van der Waals surface area contributed by atoms with Crippen molar-refractivity contribution in [1.82, 2.24) is 4.90 Å². The number of hydrogen-bond donors (Lipinski definition) is 1. The zero-order valence-electron chi connectivity index (χ0n) is 14.4. The monoisotopic (exact) mass is 363 g/mol. The van der Waals surface area contributed by atoms with E-state index in [2.05, 4.69) is 12.1 Å². The van der Waals surface area contributed by atoms with Gasteiger partial charge >= 0.3 is 6.18 Å². The molecule has 0 bridgehead atoms. The number of rotatable bonds is 4. The zero-order valence-corrected chi connectivity index (χ0v) is 14.4. The summed E-state index contributed by atoms with van der Waals surface area (Å²) in [5.41, 5.74) is 0.616. The highest BCUT2D eigenvalue weighted by molar-refractivity contribution is 5.94. The molecule has 26 heavy (non-hydrogen) atoms. The van der Waals surface area contributed by atoms with Crippen molar-refractivity contribution in [3.05, 3.63) is 71.3 Å². The van der Waals surface area contributed by atoms with Crippen LogP contribution in [0.25, 0.3) is 0 Å². The van der Waals surface area contributed by atoms with Crippen LogP contribution < -0.4 is 4.90 Å². The van der Waals surface area contributed by atoms with E-state index in [0.29, 0.717) is 13.1 Å². The van der Waals surface area contributed by atoms with Crippen LogP contribution in [0.3, 0.4) is 0 Å². The molecule has 1 amide bonds. The highest BCUT2D eigenvalue weighted by Crippen LogP contribution is 2.29. The maximum Gasteiger partial charge on any atom is 0.416 e. The van der Waals surface area contributed by atoms with Gasteiger partial charge in [0.1, 0.15) is 0 Å². The fraction of sp³-hybridized carbons (Fsp3) is 0.350. The maximum absolute atomic E-state index is 12.8. The van der Waals surface area contributed by atoms with Gasteiger partial charge < -0.3 is 9.80 Å². The van der Waals surface area contributed by atoms with Crippen LogP contribution in [0.5, 0.6) is 0 Å². The van der Waals surface area contributed by atoms with E-state index in [9.17, 15) is 18.0 Å². The first kappa shape index (κ1) is 18.5. The Hall–Kier alpha value is -2.34. The molecule has 0 unspecified atom stereocenters. The molecule has 1 aliphatic rings. The summed E-state index contributed by atoms with van der Waals surface area (Å²) in [5.74, 6) is -0.321. The number of piperazine rings is 1. The summed E-state index contributed by atoms with van der Waals surface area (Å²) in [7, 11) is 0. The van der Waals surface area contributed by atoms with Crippen molar-refractivity contribution in [3.63, 3.8) is 0 Å². The standard InChI is InChI=1S/C20H21F3N2O/c21-20(22,23)18-8-4-7-17(15-18)19(26)25-13-11-24(12-14-25)10-9-16-5-2-1-3-6-16/h1-8,15H,9-14H2/p+1. The molecule has 2 aromatic carbocycles. The van der Waals surface area contributed by atoms with Crippen LogP contribution in [-0.2, 0) is 12.6 Å². The fourth-order valence-electron chi connectivity index (χ4n) is 3.25. The van der Waals surface area contributed by atoms with Gasteiger partial charge in [-0.1, -0.05) is 36.4 Å². The molecule has 0 atom stereocenters. The minimum absolute atomic E-state index is 0.104. The lowest BCUT2D eigenvalue weighted by atomic mass is 10.1. The van der Waals surface area contributed by atoms with Gasteiger partial charge in [-0.2, -0.15) is 13.2 Å². The van der Waals surface area contributed by atoms with Gasteiger partial charge in [-0.15, -0.1) is 0 Å². The lowest BCUT2D eigenvalue weighted by Gasteiger charge is -2.32. The van der Waals surface area contributed by atoms with E-state index in [0.717, 1.165) is 38.2 Å². The Morgan fingerprint density at radius 3 is 2.35 bits per heavy atom. The Bertz CT molecular complexity index is 738. The van der Waals surface area contributed by atoms with Crippen LogP contribution in [0, 0.1) is 0 Å². The second-order valence-corrected chi connectivity index (χ2v) is 6.61. The van der Waals surface area contributed by atoms with Gasteiger partial charge in [0.05, 0.1) is 38.3 Å². The van der Waals surface area contributed by atoms with Crippen LogP contribution in [0.2, 0.25) is 0 Å². The number of amides is 1. The predicted octanol–water partition coefficient (Wildman–Crippen LogP) is 2.29. The number of carbonyl (C=O) groups is 1. The third kappa shape index (κ3) is 4.64. The first-order chi connectivity index (χ1) is 12.4. The molecular weight excluding hydrogens is 341 g/mol. The van der Waals surface area contributed by atoms with Crippen molar-refractivity contribution in [3.8, 4) is 0 Å². The van der Waals surface area contributed by atoms with Crippen LogP contribution in [0.15, 0.2) is 54.6 Å². The average molecular weight is 363 g/mol. The van der Waals surface area contributed by atoms with Crippen LogP contribution in [0.4, 0.5) is 13.2 Å². The molecular formula is C20H22F3N2O+. The molecule has 0 saturated carbocycles. The van der Waals surface area contributed by atoms with E-state index >= 15 is 0 Å². The molecule has 3 rings (SSSR count). The number of quaternary nitrogens is 1. The summed E-state index contributed by atoms with van der Waals surface area (Å²) in [6.45, 7) is 3.77. The Kier molecular flexibility index (Phi) is 5.61. The van der Waals surface area contributed by atoms with Gasteiger partial charge in [-0.05, 0) is 23.8 Å². The summed E-state index contributed by atoms with van der Waals surface area (Å²) in [6, 6.07) is 14.9. The highest BCUT2D eigenvalue weighted by Gasteiger charge is 2.32. The van der Waals surface area contributed by atoms with Gasteiger partial charge in [-0.3, -0.25) is 4.79 Å². The summed E-state index contributed by atoms with van der Waals surface area (Å²) in [5, 5.41) is 0. The summed E-state index contributed by atoms with van der Waals surface area (Å²) < 4.78 is 38.5. The Balaban J connectivity index is 1.54. The highest BCUT2D eigenvalue weighted by atomic mass is 19.4. The number of benzene rings is 2. The van der Waals surface area contributed by atoms with Gasteiger partial charge in [0.2, 0.25) is 0 Å². The molecule has 0 spiro atoms. The molecule has 0 aliphatic carbocycles. The van der Waals surface area contributed by atoms with Crippen molar-refractivity contribution >= 4 is 5.91 Å². The minimum Gasteiger partial charge on any atom is -0.332 e. The van der Waals surface area contributed by atoms with Crippen LogP contribution in [0.1, 0.15) is 21.5 Å². The topological polar surface area (TPSA) is 24.8 Å². The summed E-state index contributed by atoms with van der Waals surface area (Å²) >= 11 is 0. The van der Waals surface area contributed by atoms with Crippen molar-refractivity contribution in [1.29, 1.82) is 0 Å². The largest absolute Gasteiger partial charge is 0.416 e. The third-order valence-corrected chi connectivity index (χ3v) is 4.80. The van der Waals surface area contributed by atoms with E-state index < -0.39 is 11.7 Å². The smallest absolute Gasteiger partial charge is 0.332 e. The van der Waals surface area contributed by atoms with Gasteiger partial charge in [0, 0.05) is 12.0 Å². The first-order valence-electron chi connectivity index (χ1n) is 8.77. The maximum atomic E-state index is 12.8. The number of carbonyl (C=O) groups excluding carboxylic acids is 1. The van der Waals surface area contributed by atoms with Gasteiger partial charge in [0.25, 0.3) is 5.91 Å². The number of hydrogen-bond acceptors (Lipinski definition) is 1. The van der Waals surface area contributed by atoms with Crippen molar-refractivity contribution in [2.24, 2.45) is 0 Å². The molecule has 1 aliphatic heterocycles. The molecule has 0 aromatic heterocycles. The fourth-order valence-corrected chi connectivity index (χ4v) is 3.25. The van der Waals surface area contributed by atoms with Crippen molar-refractivity contribution < 1.29 is 22.9 Å². The second kappa shape index (κ2) is 7.91. The minimum atomic E-state index is -4.43. The normalized spacial score (nSPS) is 15.9. The van der Waals surface area contributed by atoms with Gasteiger partial charge in [0.15, 0.2) is 0 Å². The van der Waals surface area contributed by atoms with E-state index in [1.54, 1.807) is 4.90 Å². The zero-order chi connectivity index (χ0) is 18.6. The molecule has 3 nitrogen and oxygen atoms in total. The van der Waals surface area contributed by atoms with Crippen LogP contribution in [-0.4, -0.2) is 43.5 Å². The molecule has 1 saturated heterocycles. The Morgan fingerprint density at radius 2 is 1.69 bits per heavy atom. The number of nitrogens with zero attached hydrogens (tertiary/aromatic N) is 1. The quantitative estimate of drug-likeness (QED) is 0.886. The molecule has 6 heteroatoms. The lowest BCUT2D eigenvalue weighted by Crippen LogP contribution is -3.15. The summed E-state index contributed by atoms with van der Waals surface area (Å²) in [4.78, 5) is 15.6. The molecule has 138 valence electrons. The molecule has 1 N–H and O–H groups in total. The van der Waals surface area contributed by atoms with Gasteiger partial charge in [-0.25, -0.2) is 0 Å². The first-order valence-corrected chi connectivity index (χ1v) is 8.77. The predicted molar refractivity (Wildman–Crippen MR) is 93.1 cm³/mol. The molecule has 1 heterocycles. The second-order valence-electron chi connectivity index (χ2n) is 6.61. The Labute approximate surface area is 151 Å². The Morgan fingerprint density at radius 1 is 1.00 bits per heavy atom. The third-order valence-electron chi connectivity index (χ3n) is 4.80. The molecule has 1 fully saturated rings. The van der Waals surface area contributed by atoms with Crippen molar-refractivity contribution in [2.75, 3.05) is 32.7 Å². The van der Waals surface area contributed by atoms with E-state index in [1.165, 1.54) is 22.6 Å². The lowest BCUT2D eigenvalue weighted by molar-refractivity contribution is -0.903. The van der Waals surface area contributed by atoms with Crippen LogP contribution >= 0.6 is 0 Å². The SMILES string of the molecule is O=C(c1cccc(C(F)(F)F)c1)N1CC[NH+](CCc2ccccc2)CC1. The summed E-state index contributed by atoms with van der Waals surface area (Å²) in [6.07, 6.45) is -3.45. The van der Waals surface area contributed by atoms with E-state index in [4.69, 9.17) is 0 Å². The number of alkyl halides is 3.